The molecule has 33 nitrogen and oxygen atoms in total. The minimum absolute atomic E-state index is 0.0352. The molecule has 10 aromatic rings. The Kier molecular flexibility index (Phi) is 28.4. The largest absolute Gasteiger partial charge is 0.382 e. The van der Waals surface area contributed by atoms with E-state index in [0.29, 0.717) is 130 Å². The highest BCUT2D eigenvalue weighted by molar-refractivity contribution is 6.27. The first-order valence-electron chi connectivity index (χ1n) is 44.5. The molecule has 131 heavy (non-hydrogen) atoms. The second-order valence-corrected chi connectivity index (χ2v) is 34.5. The summed E-state index contributed by atoms with van der Waals surface area (Å²) < 4.78 is 42.8. The monoisotopic (exact) mass is 1790 g/mol. The highest BCUT2D eigenvalue weighted by Gasteiger charge is 2.49. The van der Waals surface area contributed by atoms with Gasteiger partial charge in [-0.15, -0.1) is 0 Å². The van der Waals surface area contributed by atoms with Crippen molar-refractivity contribution in [3.05, 3.63) is 211 Å². The summed E-state index contributed by atoms with van der Waals surface area (Å²) in [6, 6.07) is 28.4. The number of H-pyrrole nitrogens is 2. The SMILES string of the molecule is CCc1cc2c(cc1-c1cnn(CC(=O)N(C)CCOCCOCCOCCNc3cccc4c3C(=O)N(C3CCC(=O)NC3=O)C4=O)c1)C(C)(C)c1[nH]c3cc(C)ccc3c1C2=O.CCc1cc2c(cc1-c1cnn(CC(=O)N(C)CCOCCOCCOCCOCCNc3cccc4c3C(=O)N(C3CCC(=O)NC3=O)C4=O)c1)C(C)(C)c1[nH]c3cc(C)ccc3c1C2=O. The first kappa shape index (κ1) is 92.7. The van der Waals surface area contributed by atoms with Gasteiger partial charge in [-0.3, -0.25) is 87.3 Å². The number of imide groups is 4. The number of aromatic nitrogens is 6. The van der Waals surface area contributed by atoms with Gasteiger partial charge in [-0.05, 0) is 145 Å². The zero-order valence-electron chi connectivity index (χ0n) is 75.4. The summed E-state index contributed by atoms with van der Waals surface area (Å²) in [4.78, 5) is 167. The fraction of sp³-hybridized carbons (Fsp3) is 0.408. The van der Waals surface area contributed by atoms with Crippen LogP contribution in [-0.4, -0.2) is 265 Å². The van der Waals surface area contributed by atoms with Gasteiger partial charge in [0.05, 0.1) is 138 Å². The van der Waals surface area contributed by atoms with Gasteiger partial charge in [-0.2, -0.15) is 10.2 Å². The standard InChI is InChI=1S/C50H57N7O10.C48H53N7O9/c1-6-31-25-36-37(50(3,4)46-44(45(36)60)33-11-10-30(2)24-39(33)53-46)26-35(31)32-27-52-56(28-32)29-42(59)55(5)15-17-65-19-21-67-23-22-66-20-18-64-16-14-51-38-9-7-8-34-43(38)49(63)57(48(34)62)40-12-13-41(58)54-47(40)61;1-6-29-23-34-35(48(3,4)44-42(43(34)58)31-11-10-28(2)22-37(31)51-44)24-33(29)30-25-50-54(26-30)27-40(57)53(5)15-17-63-19-21-64-20-18-62-16-14-49-36-9-7-8-32-41(36)47(61)55(46(32)60)38-12-13-39(56)52-45(38)59/h7-11,24-28,40,51,53H,6,12-23,29H2,1-5H3,(H,54,58,61);7-11,22-26,38,49,51H,6,12-21,27H2,1-5H3,(H,52,56,59). The molecule has 2 unspecified atom stereocenters. The molecule has 33 heteroatoms. The topological polar surface area (TPSA) is 398 Å². The molecule has 0 spiro atoms. The van der Waals surface area contributed by atoms with Crippen molar-refractivity contribution in [2.45, 2.75) is 130 Å². The van der Waals surface area contributed by atoms with E-state index in [1.807, 2.05) is 62.6 Å². The molecular weight excluding hydrogens is 1680 g/mol. The molecule has 8 heterocycles. The first-order valence-corrected chi connectivity index (χ1v) is 44.5. The predicted molar refractivity (Wildman–Crippen MR) is 485 cm³/mol. The van der Waals surface area contributed by atoms with Crippen LogP contribution in [0.15, 0.2) is 122 Å². The van der Waals surface area contributed by atoms with Crippen LogP contribution in [0.4, 0.5) is 11.4 Å². The van der Waals surface area contributed by atoms with E-state index in [2.05, 4.69) is 107 Å². The number of ketones is 2. The number of carbonyl (C=O) groups excluding carboxylic acids is 12. The van der Waals surface area contributed by atoms with Gasteiger partial charge in [0.15, 0.2) is 11.6 Å². The number of nitrogens with zero attached hydrogens (tertiary/aromatic N) is 8. The van der Waals surface area contributed by atoms with E-state index in [0.717, 1.165) is 134 Å². The van der Waals surface area contributed by atoms with Gasteiger partial charge in [0, 0.05) is 143 Å². The van der Waals surface area contributed by atoms with Crippen LogP contribution in [0, 0.1) is 13.8 Å². The van der Waals surface area contributed by atoms with Crippen LogP contribution in [0.1, 0.15) is 185 Å². The van der Waals surface area contributed by atoms with E-state index < -0.39 is 70.2 Å². The quantitative estimate of drug-likeness (QED) is 0.0154. The maximum Gasteiger partial charge on any atom is 0.264 e. The zero-order chi connectivity index (χ0) is 92.7. The Morgan fingerprint density at radius 3 is 1.18 bits per heavy atom. The summed E-state index contributed by atoms with van der Waals surface area (Å²) in [5, 5.41) is 21.7. The number of likely N-dealkylation sites (N-methyl/N-ethyl adjacent to an activating group) is 2. The summed E-state index contributed by atoms with van der Waals surface area (Å²) in [5.74, 6) is -4.56. The van der Waals surface area contributed by atoms with Crippen molar-refractivity contribution < 1.29 is 90.7 Å². The minimum atomic E-state index is -1.03. The van der Waals surface area contributed by atoms with E-state index in [-0.39, 0.29) is 84.4 Å². The molecule has 16 rings (SSSR count). The lowest BCUT2D eigenvalue weighted by atomic mass is 9.70. The number of aryl methyl sites for hydroxylation is 4. The smallest absolute Gasteiger partial charge is 0.264 e. The Balaban J connectivity index is 0.000000201. The number of anilines is 2. The van der Waals surface area contributed by atoms with E-state index >= 15 is 0 Å². The molecule has 4 aliphatic heterocycles. The van der Waals surface area contributed by atoms with Gasteiger partial charge in [-0.25, -0.2) is 0 Å². The zero-order valence-corrected chi connectivity index (χ0v) is 75.4. The first-order chi connectivity index (χ1) is 63.1. The number of benzene rings is 6. The molecule has 2 fully saturated rings. The Bertz CT molecular complexity index is 6150. The van der Waals surface area contributed by atoms with Crippen molar-refractivity contribution >= 4 is 104 Å². The van der Waals surface area contributed by atoms with E-state index in [1.165, 1.54) is 0 Å². The van der Waals surface area contributed by atoms with Gasteiger partial charge < -0.3 is 63.6 Å². The number of aromatic amines is 2. The number of hydrogen-bond donors (Lipinski definition) is 6. The fourth-order valence-corrected chi connectivity index (χ4v) is 17.9. The Morgan fingerprint density at radius 1 is 0.443 bits per heavy atom. The summed E-state index contributed by atoms with van der Waals surface area (Å²) >= 11 is 0. The minimum Gasteiger partial charge on any atom is -0.382 e. The molecule has 6 aliphatic rings. The normalized spacial score (nSPS) is 16.4. The van der Waals surface area contributed by atoms with Crippen molar-refractivity contribution in [3.63, 3.8) is 0 Å². The molecule has 2 atom stereocenters. The maximum atomic E-state index is 14.0. The number of amides is 10. The van der Waals surface area contributed by atoms with E-state index in [4.69, 9.17) is 33.2 Å². The van der Waals surface area contributed by atoms with E-state index in [1.54, 1.807) is 82.1 Å². The molecule has 0 saturated carbocycles. The molecular formula is C98H110N14O19. The third kappa shape index (κ3) is 19.5. The molecule has 0 radical (unpaired) electrons. The van der Waals surface area contributed by atoms with Crippen molar-refractivity contribution in [1.82, 2.24) is 59.8 Å². The van der Waals surface area contributed by atoms with Gasteiger partial charge in [0.1, 0.15) is 25.2 Å². The highest BCUT2D eigenvalue weighted by atomic mass is 16.6. The lowest BCUT2D eigenvalue weighted by Crippen LogP contribution is -2.54. The average Bonchev–Trinajstić information content (AvgIpc) is 1.61. The van der Waals surface area contributed by atoms with Gasteiger partial charge in [0.25, 0.3) is 23.6 Å². The lowest BCUT2D eigenvalue weighted by Gasteiger charge is -2.33. The number of ether oxygens (including phenoxy) is 7. The van der Waals surface area contributed by atoms with Crippen LogP contribution in [0.25, 0.3) is 44.1 Å². The van der Waals surface area contributed by atoms with Crippen molar-refractivity contribution in [3.8, 4) is 22.3 Å². The highest BCUT2D eigenvalue weighted by Crippen LogP contribution is 2.49. The van der Waals surface area contributed by atoms with Crippen molar-refractivity contribution in [2.24, 2.45) is 0 Å². The van der Waals surface area contributed by atoms with Crippen LogP contribution in [-0.2, 0) is 98.7 Å². The van der Waals surface area contributed by atoms with Crippen LogP contribution in [0.5, 0.6) is 0 Å². The molecule has 2 aliphatic carbocycles. The molecule has 6 aromatic carbocycles. The number of fused-ring (bicyclic) bond motifs is 10. The summed E-state index contributed by atoms with van der Waals surface area (Å²) in [6.07, 6.45) is 9.08. The summed E-state index contributed by atoms with van der Waals surface area (Å²) in [6.45, 7) is 23.4. The Hall–Kier alpha value is -13.0. The van der Waals surface area contributed by atoms with Crippen LogP contribution in [0.2, 0.25) is 0 Å². The van der Waals surface area contributed by atoms with Gasteiger partial charge in [-0.1, -0.05) is 77.9 Å². The van der Waals surface area contributed by atoms with Crippen molar-refractivity contribution in [1.29, 1.82) is 0 Å². The van der Waals surface area contributed by atoms with E-state index in [9.17, 15) is 57.5 Å². The third-order valence-electron chi connectivity index (χ3n) is 25.1. The second kappa shape index (κ2) is 40.1. The second-order valence-electron chi connectivity index (χ2n) is 34.5. The van der Waals surface area contributed by atoms with Crippen molar-refractivity contribution in [2.75, 3.05) is 143 Å². The predicted octanol–water partition coefficient (Wildman–Crippen LogP) is 9.60. The lowest BCUT2D eigenvalue weighted by molar-refractivity contribution is -0.137. The summed E-state index contributed by atoms with van der Waals surface area (Å²) in [5.41, 5.74) is 17.6. The molecule has 6 N–H and O–H groups in total. The molecule has 4 aromatic heterocycles. The third-order valence-corrected chi connectivity index (χ3v) is 25.1. The van der Waals surface area contributed by atoms with Crippen LogP contribution in [0.3, 0.4) is 0 Å². The molecule has 0 bridgehead atoms. The Morgan fingerprint density at radius 2 is 0.809 bits per heavy atom. The van der Waals surface area contributed by atoms with Crippen LogP contribution < -0.4 is 21.3 Å². The van der Waals surface area contributed by atoms with Gasteiger partial charge >= 0.3 is 0 Å². The van der Waals surface area contributed by atoms with Crippen LogP contribution >= 0.6 is 0 Å². The fourth-order valence-electron chi connectivity index (χ4n) is 17.9. The molecule has 2 saturated heterocycles. The van der Waals surface area contributed by atoms with Gasteiger partial charge in [0.2, 0.25) is 35.4 Å². The number of rotatable bonds is 39. The maximum absolute atomic E-state index is 14.0. The number of piperidine rings is 2. The number of carbonyl (C=O) groups is 12. The molecule has 10 amide bonds. The summed E-state index contributed by atoms with van der Waals surface area (Å²) in [7, 11) is 3.47. The number of hydrogen-bond acceptors (Lipinski definition) is 23. The average molecular weight is 1790 g/mol. The number of nitrogens with one attached hydrogen (secondary N) is 6. The molecule has 686 valence electrons. The Labute approximate surface area is 757 Å².